The number of likely N-dealkylation sites (N-methyl/N-ethyl adjacent to an activating group) is 1. The van der Waals surface area contributed by atoms with Gasteiger partial charge in [-0.3, -0.25) is 9.59 Å². The zero-order valence-corrected chi connectivity index (χ0v) is 13.0. The Bertz CT molecular complexity index is 330. The molecule has 0 spiro atoms. The highest BCUT2D eigenvalue weighted by Crippen LogP contribution is 2.01. The Balaban J connectivity index is 3.54. The van der Waals surface area contributed by atoms with Crippen LogP contribution in [0.15, 0.2) is 0 Å². The lowest BCUT2D eigenvalue weighted by Crippen LogP contribution is -2.43. The van der Waals surface area contributed by atoms with E-state index in [-0.39, 0.29) is 24.9 Å². The number of unbranched alkanes of at least 4 members (excludes halogenated alkanes) is 3. The number of nitrogens with zero attached hydrogens (tertiary/aromatic N) is 1. The second-order valence-corrected chi connectivity index (χ2v) is 4.73. The average molecular weight is 301 g/mol. The first kappa shape index (κ1) is 19.2. The van der Waals surface area contributed by atoms with Gasteiger partial charge in [-0.1, -0.05) is 12.8 Å². The van der Waals surface area contributed by atoms with E-state index in [0.717, 1.165) is 19.3 Å². The van der Waals surface area contributed by atoms with Crippen molar-refractivity contribution in [1.29, 1.82) is 0 Å². The summed E-state index contributed by atoms with van der Waals surface area (Å²) in [6.45, 7) is 5.59. The second-order valence-electron chi connectivity index (χ2n) is 4.73. The second kappa shape index (κ2) is 12.0. The van der Waals surface area contributed by atoms with Crippen molar-refractivity contribution >= 4 is 17.9 Å². The number of carboxylic acid groups (broad SMARTS) is 1. The highest BCUT2D eigenvalue weighted by molar-refractivity contribution is 5.83. The van der Waals surface area contributed by atoms with Crippen molar-refractivity contribution in [1.82, 2.24) is 15.5 Å². The van der Waals surface area contributed by atoms with Crippen molar-refractivity contribution in [2.45, 2.75) is 46.0 Å². The van der Waals surface area contributed by atoms with E-state index < -0.39 is 5.97 Å². The van der Waals surface area contributed by atoms with E-state index in [1.807, 2.05) is 13.8 Å². The SMILES string of the molecule is CCN(CC)C(=O)CNC(=O)NCCCCCCC(=O)O. The fraction of sp³-hybridized carbons (Fsp3) is 0.786. The molecule has 0 heterocycles. The van der Waals surface area contributed by atoms with Crippen LogP contribution >= 0.6 is 0 Å². The van der Waals surface area contributed by atoms with Gasteiger partial charge in [0.15, 0.2) is 0 Å². The van der Waals surface area contributed by atoms with Gasteiger partial charge in [0.05, 0.1) is 6.54 Å². The van der Waals surface area contributed by atoms with Gasteiger partial charge in [0.1, 0.15) is 0 Å². The molecule has 7 heteroatoms. The molecular formula is C14H27N3O4. The van der Waals surface area contributed by atoms with E-state index >= 15 is 0 Å². The first-order valence-corrected chi connectivity index (χ1v) is 7.52. The van der Waals surface area contributed by atoms with Crippen LogP contribution in [-0.2, 0) is 9.59 Å². The zero-order chi connectivity index (χ0) is 16.1. The molecule has 0 rings (SSSR count). The van der Waals surface area contributed by atoms with Gasteiger partial charge in [-0.15, -0.1) is 0 Å². The van der Waals surface area contributed by atoms with Gasteiger partial charge in [0, 0.05) is 26.1 Å². The topological polar surface area (TPSA) is 98.7 Å². The van der Waals surface area contributed by atoms with Crippen molar-refractivity contribution in [3.05, 3.63) is 0 Å². The number of hydrogen-bond acceptors (Lipinski definition) is 3. The molecule has 0 aliphatic carbocycles. The monoisotopic (exact) mass is 301 g/mol. The van der Waals surface area contributed by atoms with Gasteiger partial charge in [-0.25, -0.2) is 4.79 Å². The summed E-state index contributed by atoms with van der Waals surface area (Å²) in [5.41, 5.74) is 0. The lowest BCUT2D eigenvalue weighted by Gasteiger charge is -2.18. The smallest absolute Gasteiger partial charge is 0.315 e. The third-order valence-corrected chi connectivity index (χ3v) is 3.12. The van der Waals surface area contributed by atoms with Crippen molar-refractivity contribution in [3.63, 3.8) is 0 Å². The molecule has 0 aromatic rings. The van der Waals surface area contributed by atoms with Crippen LogP contribution in [0.2, 0.25) is 0 Å². The minimum Gasteiger partial charge on any atom is -0.481 e. The summed E-state index contributed by atoms with van der Waals surface area (Å²) in [4.78, 5) is 35.1. The number of nitrogens with one attached hydrogen (secondary N) is 2. The molecule has 0 fully saturated rings. The van der Waals surface area contributed by atoms with Gasteiger partial charge in [-0.2, -0.15) is 0 Å². The number of amides is 3. The van der Waals surface area contributed by atoms with Crippen LogP contribution in [0.1, 0.15) is 46.0 Å². The number of urea groups is 1. The Morgan fingerprint density at radius 1 is 0.952 bits per heavy atom. The van der Waals surface area contributed by atoms with Gasteiger partial charge < -0.3 is 20.6 Å². The van der Waals surface area contributed by atoms with Gasteiger partial charge in [0.25, 0.3) is 0 Å². The molecule has 0 radical (unpaired) electrons. The van der Waals surface area contributed by atoms with Gasteiger partial charge in [0.2, 0.25) is 5.91 Å². The Kier molecular flexibility index (Phi) is 11.0. The molecular weight excluding hydrogens is 274 g/mol. The van der Waals surface area contributed by atoms with Crippen LogP contribution in [0.3, 0.4) is 0 Å². The predicted octanol–water partition coefficient (Wildman–Crippen LogP) is 1.19. The Morgan fingerprint density at radius 3 is 2.14 bits per heavy atom. The van der Waals surface area contributed by atoms with Crippen LogP contribution in [-0.4, -0.2) is 54.1 Å². The molecule has 122 valence electrons. The van der Waals surface area contributed by atoms with Crippen molar-refractivity contribution < 1.29 is 19.5 Å². The highest BCUT2D eigenvalue weighted by atomic mass is 16.4. The third kappa shape index (κ3) is 10.6. The van der Waals surface area contributed by atoms with Gasteiger partial charge >= 0.3 is 12.0 Å². The molecule has 0 saturated carbocycles. The minimum absolute atomic E-state index is 0.00608. The summed E-state index contributed by atoms with van der Waals surface area (Å²) in [6.07, 6.45) is 3.39. The van der Waals surface area contributed by atoms with E-state index in [2.05, 4.69) is 10.6 Å². The van der Waals surface area contributed by atoms with Crippen LogP contribution in [0.4, 0.5) is 4.79 Å². The molecule has 0 aromatic heterocycles. The molecule has 0 aliphatic heterocycles. The maximum Gasteiger partial charge on any atom is 0.315 e. The minimum atomic E-state index is -0.773. The quantitative estimate of drug-likeness (QED) is 0.499. The number of carbonyl (C=O) groups is 3. The first-order chi connectivity index (χ1) is 10.0. The van der Waals surface area contributed by atoms with Crippen LogP contribution in [0.25, 0.3) is 0 Å². The molecule has 3 N–H and O–H groups in total. The number of carboxylic acids is 1. The summed E-state index contributed by atoms with van der Waals surface area (Å²) in [7, 11) is 0. The van der Waals surface area contributed by atoms with Crippen molar-refractivity contribution in [2.75, 3.05) is 26.2 Å². The number of aliphatic carboxylic acids is 1. The number of rotatable bonds is 11. The normalized spacial score (nSPS) is 10.0. The standard InChI is InChI=1S/C14H27N3O4/c1-3-17(4-2)12(18)11-16-14(21)15-10-8-6-5-7-9-13(19)20/h3-11H2,1-2H3,(H,19,20)(H2,15,16,21). The third-order valence-electron chi connectivity index (χ3n) is 3.12. The fourth-order valence-electron chi connectivity index (χ4n) is 1.86. The molecule has 0 atom stereocenters. The Morgan fingerprint density at radius 2 is 1.57 bits per heavy atom. The highest BCUT2D eigenvalue weighted by Gasteiger charge is 2.10. The lowest BCUT2D eigenvalue weighted by molar-refractivity contribution is -0.137. The first-order valence-electron chi connectivity index (χ1n) is 7.52. The Labute approximate surface area is 126 Å². The molecule has 0 unspecified atom stereocenters. The lowest BCUT2D eigenvalue weighted by atomic mass is 10.1. The van der Waals surface area contributed by atoms with Crippen LogP contribution in [0, 0.1) is 0 Å². The number of hydrogen-bond donors (Lipinski definition) is 3. The summed E-state index contributed by atoms with van der Waals surface area (Å²) in [6, 6.07) is -0.346. The van der Waals surface area contributed by atoms with E-state index in [0.29, 0.717) is 26.1 Å². The maximum atomic E-state index is 11.6. The molecule has 3 amide bonds. The van der Waals surface area contributed by atoms with Crippen LogP contribution in [0.5, 0.6) is 0 Å². The van der Waals surface area contributed by atoms with E-state index in [1.54, 1.807) is 4.90 Å². The molecule has 0 bridgehead atoms. The van der Waals surface area contributed by atoms with E-state index in [1.165, 1.54) is 0 Å². The molecule has 0 aliphatic rings. The fourth-order valence-corrected chi connectivity index (χ4v) is 1.86. The summed E-state index contributed by atoms with van der Waals surface area (Å²) >= 11 is 0. The predicted molar refractivity (Wildman–Crippen MR) is 80.1 cm³/mol. The average Bonchev–Trinajstić information content (AvgIpc) is 2.45. The maximum absolute atomic E-state index is 11.6. The Hall–Kier alpha value is -1.79. The molecule has 21 heavy (non-hydrogen) atoms. The largest absolute Gasteiger partial charge is 0.481 e. The zero-order valence-electron chi connectivity index (χ0n) is 13.0. The van der Waals surface area contributed by atoms with Crippen molar-refractivity contribution in [2.24, 2.45) is 0 Å². The van der Waals surface area contributed by atoms with Gasteiger partial charge in [-0.05, 0) is 26.7 Å². The molecule has 7 nitrogen and oxygen atoms in total. The number of carbonyl (C=O) groups excluding carboxylic acids is 2. The summed E-state index contributed by atoms with van der Waals surface area (Å²) in [5.74, 6) is -0.866. The van der Waals surface area contributed by atoms with Crippen molar-refractivity contribution in [3.8, 4) is 0 Å². The van der Waals surface area contributed by atoms with E-state index in [4.69, 9.17) is 5.11 Å². The summed E-state index contributed by atoms with van der Waals surface area (Å²) in [5, 5.41) is 13.7. The summed E-state index contributed by atoms with van der Waals surface area (Å²) < 4.78 is 0. The van der Waals surface area contributed by atoms with E-state index in [9.17, 15) is 14.4 Å². The molecule has 0 aromatic carbocycles. The van der Waals surface area contributed by atoms with Crippen LogP contribution < -0.4 is 10.6 Å². The molecule has 0 saturated heterocycles.